The largest absolute Gasteiger partial charge is 0.340 e. The predicted molar refractivity (Wildman–Crippen MR) is 74.3 cm³/mol. The van der Waals surface area contributed by atoms with Crippen LogP contribution in [0.25, 0.3) is 0 Å². The van der Waals surface area contributed by atoms with Crippen molar-refractivity contribution in [3.63, 3.8) is 0 Å². The fourth-order valence-corrected chi connectivity index (χ4v) is 3.40. The zero-order valence-corrected chi connectivity index (χ0v) is 12.9. The monoisotopic (exact) mass is 330 g/mol. The minimum Gasteiger partial charge on any atom is -0.340 e. The SMILES string of the molecule is CC1C(=O)NC(C)(C)C(=O)N1Cc1cc(Br)cs1. The van der Waals surface area contributed by atoms with E-state index in [0.717, 1.165) is 9.35 Å². The summed E-state index contributed by atoms with van der Waals surface area (Å²) in [4.78, 5) is 26.9. The second kappa shape index (κ2) is 4.66. The van der Waals surface area contributed by atoms with Crippen molar-refractivity contribution in [2.24, 2.45) is 0 Å². The molecule has 1 N–H and O–H groups in total. The van der Waals surface area contributed by atoms with Crippen LogP contribution >= 0.6 is 27.3 Å². The molecular weight excluding hydrogens is 316 g/mol. The van der Waals surface area contributed by atoms with Gasteiger partial charge in [0, 0.05) is 14.7 Å². The van der Waals surface area contributed by atoms with E-state index in [9.17, 15) is 9.59 Å². The van der Waals surface area contributed by atoms with E-state index >= 15 is 0 Å². The summed E-state index contributed by atoms with van der Waals surface area (Å²) in [7, 11) is 0. The molecule has 0 aliphatic carbocycles. The van der Waals surface area contributed by atoms with Crippen LogP contribution in [0.1, 0.15) is 25.6 Å². The van der Waals surface area contributed by atoms with Gasteiger partial charge in [0.15, 0.2) is 0 Å². The van der Waals surface area contributed by atoms with Gasteiger partial charge in [-0.05, 0) is 42.8 Å². The quantitative estimate of drug-likeness (QED) is 0.903. The summed E-state index contributed by atoms with van der Waals surface area (Å²) in [6, 6.07) is 1.55. The van der Waals surface area contributed by atoms with Gasteiger partial charge in [-0.2, -0.15) is 0 Å². The van der Waals surface area contributed by atoms with Crippen LogP contribution in [0.4, 0.5) is 0 Å². The standard InChI is InChI=1S/C12H15BrN2O2S/c1-7-10(16)14-12(2,3)11(17)15(7)5-9-4-8(13)6-18-9/h4,6-7H,5H2,1-3H3,(H,14,16). The van der Waals surface area contributed by atoms with Crippen LogP contribution in [0, 0.1) is 0 Å². The van der Waals surface area contributed by atoms with E-state index in [1.807, 2.05) is 11.4 Å². The smallest absolute Gasteiger partial charge is 0.248 e. The number of rotatable bonds is 2. The number of hydrogen-bond donors (Lipinski definition) is 1. The minimum absolute atomic E-state index is 0.0425. The summed E-state index contributed by atoms with van der Waals surface area (Å²) < 4.78 is 1.00. The molecule has 1 atom stereocenters. The number of thiophene rings is 1. The van der Waals surface area contributed by atoms with Crippen LogP contribution in [0.15, 0.2) is 15.9 Å². The number of nitrogens with one attached hydrogen (secondary N) is 1. The normalized spacial score (nSPS) is 23.1. The number of nitrogens with zero attached hydrogens (tertiary/aromatic N) is 1. The first-order chi connectivity index (χ1) is 8.31. The van der Waals surface area contributed by atoms with Crippen LogP contribution in [0.2, 0.25) is 0 Å². The molecule has 1 aromatic rings. The molecule has 0 aromatic carbocycles. The van der Waals surface area contributed by atoms with E-state index in [4.69, 9.17) is 0 Å². The van der Waals surface area contributed by atoms with E-state index < -0.39 is 11.6 Å². The zero-order chi connectivity index (χ0) is 13.5. The molecule has 0 saturated carbocycles. The first kappa shape index (κ1) is 13.5. The van der Waals surface area contributed by atoms with Crippen LogP contribution < -0.4 is 5.32 Å². The molecule has 98 valence electrons. The average molecular weight is 331 g/mol. The molecule has 4 nitrogen and oxygen atoms in total. The van der Waals surface area contributed by atoms with Crippen molar-refractivity contribution in [1.29, 1.82) is 0 Å². The Kier molecular flexibility index (Phi) is 3.51. The molecule has 1 fully saturated rings. The maximum Gasteiger partial charge on any atom is 0.248 e. The van der Waals surface area contributed by atoms with Crippen molar-refractivity contribution in [2.45, 2.75) is 38.9 Å². The highest BCUT2D eigenvalue weighted by atomic mass is 79.9. The first-order valence-electron chi connectivity index (χ1n) is 5.67. The molecule has 1 unspecified atom stereocenters. The Hall–Kier alpha value is -0.880. The van der Waals surface area contributed by atoms with Crippen LogP contribution in [0.3, 0.4) is 0 Å². The van der Waals surface area contributed by atoms with Gasteiger partial charge in [0.05, 0.1) is 6.54 Å². The van der Waals surface area contributed by atoms with Crippen molar-refractivity contribution >= 4 is 39.1 Å². The summed E-state index contributed by atoms with van der Waals surface area (Å²) >= 11 is 4.97. The van der Waals surface area contributed by atoms with Gasteiger partial charge in [0.25, 0.3) is 0 Å². The first-order valence-corrected chi connectivity index (χ1v) is 7.34. The fourth-order valence-electron chi connectivity index (χ4n) is 1.96. The number of halogens is 1. The maximum absolute atomic E-state index is 12.3. The highest BCUT2D eigenvalue weighted by Crippen LogP contribution is 2.25. The molecule has 1 saturated heterocycles. The van der Waals surface area contributed by atoms with E-state index in [0.29, 0.717) is 6.54 Å². The number of hydrogen-bond acceptors (Lipinski definition) is 3. The average Bonchev–Trinajstić information content (AvgIpc) is 2.67. The zero-order valence-electron chi connectivity index (χ0n) is 10.5. The lowest BCUT2D eigenvalue weighted by Gasteiger charge is -2.41. The van der Waals surface area contributed by atoms with Gasteiger partial charge in [-0.25, -0.2) is 0 Å². The van der Waals surface area contributed by atoms with Crippen molar-refractivity contribution in [3.05, 3.63) is 20.8 Å². The lowest BCUT2D eigenvalue weighted by atomic mass is 9.97. The summed E-state index contributed by atoms with van der Waals surface area (Å²) in [5.41, 5.74) is -0.821. The topological polar surface area (TPSA) is 49.4 Å². The molecule has 1 aliphatic rings. The highest BCUT2D eigenvalue weighted by molar-refractivity contribution is 9.10. The summed E-state index contributed by atoms with van der Waals surface area (Å²) in [6.45, 7) is 5.70. The lowest BCUT2D eigenvalue weighted by molar-refractivity contribution is -0.153. The summed E-state index contributed by atoms with van der Waals surface area (Å²) in [5, 5.41) is 4.71. The Morgan fingerprint density at radius 3 is 2.72 bits per heavy atom. The van der Waals surface area contributed by atoms with Gasteiger partial charge in [0.1, 0.15) is 11.6 Å². The molecular formula is C12H15BrN2O2S. The molecule has 18 heavy (non-hydrogen) atoms. The molecule has 2 rings (SSSR count). The highest BCUT2D eigenvalue weighted by Gasteiger charge is 2.43. The molecule has 2 heterocycles. The van der Waals surface area contributed by atoms with Gasteiger partial charge in [-0.1, -0.05) is 0 Å². The fraction of sp³-hybridized carbons (Fsp3) is 0.500. The van der Waals surface area contributed by atoms with E-state index in [1.165, 1.54) is 0 Å². The van der Waals surface area contributed by atoms with Crippen LogP contribution in [0.5, 0.6) is 0 Å². The van der Waals surface area contributed by atoms with Crippen molar-refractivity contribution in [2.75, 3.05) is 0 Å². The van der Waals surface area contributed by atoms with Crippen molar-refractivity contribution in [3.8, 4) is 0 Å². The van der Waals surface area contributed by atoms with Gasteiger partial charge in [-0.15, -0.1) is 11.3 Å². The third-order valence-corrected chi connectivity index (χ3v) is 4.71. The van der Waals surface area contributed by atoms with Gasteiger partial charge >= 0.3 is 0 Å². The van der Waals surface area contributed by atoms with E-state index in [-0.39, 0.29) is 11.8 Å². The van der Waals surface area contributed by atoms with Crippen LogP contribution in [-0.2, 0) is 16.1 Å². The number of amides is 2. The number of carbonyl (C=O) groups is 2. The Bertz CT molecular complexity index is 498. The summed E-state index contributed by atoms with van der Waals surface area (Å²) in [6.07, 6.45) is 0. The molecule has 2 amide bonds. The van der Waals surface area contributed by atoms with Crippen LogP contribution in [-0.4, -0.2) is 28.3 Å². The molecule has 1 aliphatic heterocycles. The van der Waals surface area contributed by atoms with Gasteiger partial charge < -0.3 is 10.2 Å². The van der Waals surface area contributed by atoms with Gasteiger partial charge in [0.2, 0.25) is 11.8 Å². The van der Waals surface area contributed by atoms with E-state index in [1.54, 1.807) is 37.0 Å². The summed E-state index contributed by atoms with van der Waals surface area (Å²) in [5.74, 6) is -0.144. The van der Waals surface area contributed by atoms with Gasteiger partial charge in [-0.3, -0.25) is 9.59 Å². The Balaban J connectivity index is 2.23. The third kappa shape index (κ3) is 2.44. The molecule has 0 radical (unpaired) electrons. The second-order valence-electron chi connectivity index (χ2n) is 4.95. The third-order valence-electron chi connectivity index (χ3n) is 3.03. The molecule has 0 spiro atoms. The van der Waals surface area contributed by atoms with Crippen molar-refractivity contribution < 1.29 is 9.59 Å². The minimum atomic E-state index is -0.821. The second-order valence-corrected chi connectivity index (χ2v) is 6.87. The molecule has 0 bridgehead atoms. The number of carbonyl (C=O) groups excluding carboxylic acids is 2. The predicted octanol–water partition coefficient (Wildman–Crippen LogP) is 2.14. The lowest BCUT2D eigenvalue weighted by Crippen LogP contribution is -2.66. The van der Waals surface area contributed by atoms with Crippen molar-refractivity contribution in [1.82, 2.24) is 10.2 Å². The maximum atomic E-state index is 12.3. The molecule has 1 aromatic heterocycles. The molecule has 6 heteroatoms. The Morgan fingerprint density at radius 1 is 1.50 bits per heavy atom. The Labute approximate surface area is 118 Å². The van der Waals surface area contributed by atoms with E-state index in [2.05, 4.69) is 21.2 Å². The Morgan fingerprint density at radius 2 is 2.17 bits per heavy atom. The number of piperazine rings is 1.